The van der Waals surface area contributed by atoms with E-state index in [0.717, 1.165) is 0 Å². The van der Waals surface area contributed by atoms with Crippen molar-refractivity contribution >= 4 is 20.2 Å². The summed E-state index contributed by atoms with van der Waals surface area (Å²) in [5.41, 5.74) is 23.6. The van der Waals surface area contributed by atoms with Gasteiger partial charge in [-0.2, -0.15) is 0 Å². The zero-order valence-electron chi connectivity index (χ0n) is 28.9. The summed E-state index contributed by atoms with van der Waals surface area (Å²) in [7, 11) is -1.90. The zero-order chi connectivity index (χ0) is 31.6. The van der Waals surface area contributed by atoms with Gasteiger partial charge in [-0.25, -0.2) is 0 Å². The Balaban J connectivity index is 1.46. The summed E-state index contributed by atoms with van der Waals surface area (Å²) in [6.07, 6.45) is 5.44. The topological polar surface area (TPSA) is 0 Å². The Morgan fingerprint density at radius 2 is 0.864 bits per heavy atom. The van der Waals surface area contributed by atoms with Gasteiger partial charge in [-0.1, -0.05) is 0 Å². The van der Waals surface area contributed by atoms with E-state index in [0.29, 0.717) is 7.35 Å². The summed E-state index contributed by atoms with van der Waals surface area (Å²) in [4.78, 5) is 0. The van der Waals surface area contributed by atoms with Gasteiger partial charge in [0, 0.05) is 0 Å². The molecule has 1 aliphatic heterocycles. The third-order valence-electron chi connectivity index (χ3n) is 12.3. The Kier molecular flexibility index (Phi) is 6.83. The Bertz CT molecular complexity index is 1800. The molecular weight excluding hydrogens is 711 g/mol. The summed E-state index contributed by atoms with van der Waals surface area (Å²) >= 11 is -3.06. The van der Waals surface area contributed by atoms with E-state index >= 15 is 0 Å². The van der Waals surface area contributed by atoms with Crippen LogP contribution < -0.4 is 0 Å². The summed E-state index contributed by atoms with van der Waals surface area (Å²) in [5.74, 6) is 0. The van der Waals surface area contributed by atoms with Crippen molar-refractivity contribution in [3.05, 3.63) is 126 Å². The second kappa shape index (κ2) is 9.97. The molecule has 0 radical (unpaired) electrons. The minimum atomic E-state index is -3.06. The van der Waals surface area contributed by atoms with Crippen molar-refractivity contribution in [2.24, 2.45) is 0 Å². The van der Waals surface area contributed by atoms with Gasteiger partial charge < -0.3 is 0 Å². The summed E-state index contributed by atoms with van der Waals surface area (Å²) in [6, 6.07) is 19.3. The Labute approximate surface area is 271 Å². The molecule has 2 atom stereocenters. The van der Waals surface area contributed by atoms with Crippen LogP contribution in [0.3, 0.4) is 0 Å². The molecule has 4 aromatic rings. The van der Waals surface area contributed by atoms with E-state index in [1.54, 1.807) is 11.1 Å². The maximum absolute atomic E-state index is 3.06. The van der Waals surface area contributed by atoms with Crippen molar-refractivity contribution in [1.82, 2.24) is 0 Å². The SMILES string of the molecule is Cc1cc(C)c(C)c(-c2cccc3c2C=C2[CH]3[Hf]([CH3])([CH3])[CH]3C(=Cc4c(-c5c(C)c(C)cc(C)c5C)cccc43)[Si]2(C)C)c1C. The number of fused-ring (bicyclic) bond motifs is 6. The first kappa shape index (κ1) is 30.1. The first-order valence-electron chi connectivity index (χ1n) is 16.5. The molecule has 7 rings (SSSR count). The van der Waals surface area contributed by atoms with Gasteiger partial charge in [-0.15, -0.1) is 0 Å². The number of hydrogen-bond donors (Lipinski definition) is 0. The third kappa shape index (κ3) is 3.95. The molecule has 0 N–H and O–H groups in total. The van der Waals surface area contributed by atoms with Crippen molar-refractivity contribution in [3.8, 4) is 22.3 Å². The van der Waals surface area contributed by atoms with Crippen molar-refractivity contribution in [3.63, 3.8) is 0 Å². The van der Waals surface area contributed by atoms with E-state index in [1.807, 2.05) is 10.4 Å². The van der Waals surface area contributed by atoms with Gasteiger partial charge in [-0.3, -0.25) is 0 Å². The first-order valence-corrected chi connectivity index (χ1v) is 30.9. The van der Waals surface area contributed by atoms with Crippen molar-refractivity contribution in [2.75, 3.05) is 0 Å². The number of aryl methyl sites for hydroxylation is 4. The van der Waals surface area contributed by atoms with Gasteiger partial charge in [0.2, 0.25) is 0 Å². The molecule has 2 heteroatoms. The van der Waals surface area contributed by atoms with Crippen LogP contribution in [0.15, 0.2) is 58.9 Å². The maximum atomic E-state index is 2.79. The van der Waals surface area contributed by atoms with Gasteiger partial charge in [-0.05, 0) is 0 Å². The molecule has 44 heavy (non-hydrogen) atoms. The first-order chi connectivity index (χ1) is 20.7. The van der Waals surface area contributed by atoms with Crippen LogP contribution in [0, 0.1) is 55.4 Å². The van der Waals surface area contributed by atoms with Gasteiger partial charge in [0.25, 0.3) is 0 Å². The molecule has 0 nitrogen and oxygen atoms in total. The van der Waals surface area contributed by atoms with Crippen LogP contribution in [-0.4, -0.2) is 8.07 Å². The van der Waals surface area contributed by atoms with Crippen LogP contribution in [0.1, 0.15) is 74.1 Å². The minimum absolute atomic E-state index is 0.659. The fraction of sp³-hybridized carbons (Fsp3) is 0.333. The van der Waals surface area contributed by atoms with E-state index in [2.05, 4.69) is 139 Å². The molecule has 0 aromatic heterocycles. The van der Waals surface area contributed by atoms with E-state index < -0.39 is 28.0 Å². The van der Waals surface area contributed by atoms with Gasteiger partial charge in [0.15, 0.2) is 0 Å². The standard InChI is InChI=1S/C40H42Si.2CH3.Hf/c1-23-17-24(2)28(6)39(27(23)5)35-15-11-13-31-19-33(21-37(31)35)41(9,10)34-20-32-14-12-16-36(38(32)22-34)40-29(7)25(3)18-26(4)30(40)8;;;/h11-22H,1-10H3;2*1H3;. The van der Waals surface area contributed by atoms with Crippen LogP contribution in [0.4, 0.5) is 0 Å². The fourth-order valence-corrected chi connectivity index (χ4v) is 41.6. The van der Waals surface area contributed by atoms with E-state index in [9.17, 15) is 0 Å². The van der Waals surface area contributed by atoms with Crippen molar-refractivity contribution < 1.29 is 20.0 Å². The third-order valence-corrected chi connectivity index (χ3v) is 33.3. The van der Waals surface area contributed by atoms with E-state index in [4.69, 9.17) is 0 Å². The molecule has 224 valence electrons. The average molecular weight is 759 g/mol. The molecule has 0 spiro atoms. The zero-order valence-corrected chi connectivity index (χ0v) is 33.5. The second-order valence-electron chi connectivity index (χ2n) is 15.4. The van der Waals surface area contributed by atoms with Crippen LogP contribution in [0.2, 0.25) is 22.5 Å². The molecule has 3 aliphatic rings. The summed E-state index contributed by atoms with van der Waals surface area (Å²) < 4.78 is 6.90. The van der Waals surface area contributed by atoms with E-state index in [-0.39, 0.29) is 0 Å². The van der Waals surface area contributed by atoms with Gasteiger partial charge in [0.1, 0.15) is 0 Å². The van der Waals surface area contributed by atoms with Crippen molar-refractivity contribution in [1.29, 1.82) is 0 Å². The Hall–Kier alpha value is -2.55. The molecule has 1 fully saturated rings. The Morgan fingerprint density at radius 1 is 0.523 bits per heavy atom. The number of benzene rings is 4. The van der Waals surface area contributed by atoms with Gasteiger partial charge in [0.05, 0.1) is 0 Å². The van der Waals surface area contributed by atoms with Gasteiger partial charge >= 0.3 is 273 Å². The number of allylic oxidation sites excluding steroid dienone is 2. The molecule has 1 heterocycles. The van der Waals surface area contributed by atoms with E-state index in [1.165, 1.54) is 77.9 Å². The molecule has 1 saturated heterocycles. The van der Waals surface area contributed by atoms with Crippen LogP contribution in [0.25, 0.3) is 34.4 Å². The van der Waals surface area contributed by atoms with Crippen molar-refractivity contribution in [2.45, 2.75) is 85.2 Å². The fourth-order valence-electron chi connectivity index (χ4n) is 9.50. The molecule has 0 saturated carbocycles. The quantitative estimate of drug-likeness (QED) is 0.179. The van der Waals surface area contributed by atoms with Crippen LogP contribution in [0.5, 0.6) is 0 Å². The average Bonchev–Trinajstić information content (AvgIpc) is 3.57. The number of hydrogen-bond acceptors (Lipinski definition) is 0. The predicted molar refractivity (Wildman–Crippen MR) is 192 cm³/mol. The normalized spacial score (nSPS) is 20.5. The summed E-state index contributed by atoms with van der Waals surface area (Å²) in [6.45, 7) is 23.8. The molecule has 2 unspecified atom stereocenters. The molecular formula is C42H48HfSi. The van der Waals surface area contributed by atoms with Crippen LogP contribution in [-0.2, 0) is 20.0 Å². The second-order valence-corrected chi connectivity index (χ2v) is 37.0. The Morgan fingerprint density at radius 3 is 1.20 bits per heavy atom. The molecule has 2 aliphatic carbocycles. The predicted octanol–water partition coefficient (Wildman–Crippen LogP) is 12.1. The molecule has 0 bridgehead atoms. The van der Waals surface area contributed by atoms with Crippen LogP contribution >= 0.6 is 0 Å². The molecule has 4 aromatic carbocycles. The number of rotatable bonds is 2. The monoisotopic (exact) mass is 760 g/mol. The molecule has 0 amide bonds. The summed E-state index contributed by atoms with van der Waals surface area (Å²) in [5, 5.41) is 3.64.